The average Bonchev–Trinajstić information content (AvgIpc) is 2.34. The molecule has 1 aliphatic rings. The van der Waals surface area contributed by atoms with Gasteiger partial charge in [-0.3, -0.25) is 0 Å². The quantitative estimate of drug-likeness (QED) is 0.795. The molecule has 112 valence electrons. The lowest BCUT2D eigenvalue weighted by molar-refractivity contribution is -0.0731. The van der Waals surface area contributed by atoms with Crippen LogP contribution >= 0.6 is 11.6 Å². The molecule has 0 aliphatic carbocycles. The summed E-state index contributed by atoms with van der Waals surface area (Å²) < 4.78 is 11.8. The average molecular weight is 299 g/mol. The molecule has 0 N–H and O–H groups in total. The van der Waals surface area contributed by atoms with Crippen molar-refractivity contribution in [2.75, 3.05) is 0 Å². The summed E-state index contributed by atoms with van der Waals surface area (Å²) in [6.45, 7) is 8.15. The van der Waals surface area contributed by atoms with Crippen LogP contribution in [-0.2, 0) is 11.2 Å². The summed E-state index contributed by atoms with van der Waals surface area (Å²) in [6, 6.07) is 0. The van der Waals surface area contributed by atoms with Gasteiger partial charge in [0.15, 0.2) is 0 Å². The minimum atomic E-state index is 0.132. The summed E-state index contributed by atoms with van der Waals surface area (Å²) in [4.78, 5) is 8.80. The topological polar surface area (TPSA) is 44.2 Å². The number of hydrogen-bond acceptors (Lipinski definition) is 4. The van der Waals surface area contributed by atoms with E-state index in [9.17, 15) is 0 Å². The maximum atomic E-state index is 6.17. The fourth-order valence-corrected chi connectivity index (χ4v) is 2.74. The molecular formula is C15H23ClN2O2. The van der Waals surface area contributed by atoms with Gasteiger partial charge in [0.05, 0.1) is 12.2 Å². The van der Waals surface area contributed by atoms with Gasteiger partial charge in [-0.15, -0.1) is 0 Å². The van der Waals surface area contributed by atoms with Gasteiger partial charge in [0.1, 0.15) is 17.1 Å². The van der Waals surface area contributed by atoms with Crippen LogP contribution < -0.4 is 4.74 Å². The molecule has 1 aliphatic heterocycles. The maximum Gasteiger partial charge on any atom is 0.221 e. The third kappa shape index (κ3) is 3.83. The van der Waals surface area contributed by atoms with Crippen LogP contribution in [-0.4, -0.2) is 28.3 Å². The van der Waals surface area contributed by atoms with Crippen LogP contribution in [0.15, 0.2) is 0 Å². The van der Waals surface area contributed by atoms with E-state index in [1.54, 1.807) is 0 Å². The van der Waals surface area contributed by atoms with Crippen LogP contribution in [0.1, 0.15) is 51.4 Å². The van der Waals surface area contributed by atoms with Gasteiger partial charge < -0.3 is 9.47 Å². The van der Waals surface area contributed by atoms with Gasteiger partial charge in [-0.25, -0.2) is 4.98 Å². The van der Waals surface area contributed by atoms with Crippen molar-refractivity contribution < 1.29 is 9.47 Å². The summed E-state index contributed by atoms with van der Waals surface area (Å²) in [5.74, 6) is 1.38. The lowest BCUT2D eigenvalue weighted by atomic mass is 10.0. The van der Waals surface area contributed by atoms with Crippen LogP contribution in [0.3, 0.4) is 0 Å². The number of ether oxygens (including phenoxy) is 2. The van der Waals surface area contributed by atoms with E-state index in [1.165, 1.54) is 0 Å². The number of aromatic nitrogens is 2. The molecule has 2 rings (SSSR count). The molecule has 0 spiro atoms. The smallest absolute Gasteiger partial charge is 0.221 e. The molecule has 5 heteroatoms. The standard InChI is InChI=1S/C15H23ClN2O2/c1-5-6-13-17-14(16)11(4)15(18-13)20-12-7-9(2)19-10(3)8-12/h9-10,12H,5-8H2,1-4H3. The Hall–Kier alpha value is -0.870. The van der Waals surface area contributed by atoms with E-state index in [-0.39, 0.29) is 18.3 Å². The first kappa shape index (κ1) is 15.5. The van der Waals surface area contributed by atoms with Crippen molar-refractivity contribution in [3.05, 3.63) is 16.5 Å². The number of hydrogen-bond donors (Lipinski definition) is 0. The molecule has 2 heterocycles. The zero-order valence-corrected chi connectivity index (χ0v) is 13.4. The van der Waals surface area contributed by atoms with E-state index in [2.05, 4.69) is 30.7 Å². The number of nitrogens with zero attached hydrogens (tertiary/aromatic N) is 2. The van der Waals surface area contributed by atoms with Gasteiger partial charge in [-0.1, -0.05) is 18.5 Å². The van der Waals surface area contributed by atoms with Gasteiger partial charge in [0.25, 0.3) is 0 Å². The van der Waals surface area contributed by atoms with Crippen molar-refractivity contribution in [2.24, 2.45) is 0 Å². The highest BCUT2D eigenvalue weighted by Crippen LogP contribution is 2.27. The first-order chi connectivity index (χ1) is 9.49. The number of aryl methyl sites for hydroxylation is 1. The van der Waals surface area contributed by atoms with Crippen LogP contribution in [0.2, 0.25) is 5.15 Å². The van der Waals surface area contributed by atoms with E-state index in [0.29, 0.717) is 11.0 Å². The van der Waals surface area contributed by atoms with Crippen molar-refractivity contribution in [2.45, 2.75) is 71.7 Å². The largest absolute Gasteiger partial charge is 0.474 e. The monoisotopic (exact) mass is 298 g/mol. The molecule has 0 saturated carbocycles. The molecule has 1 fully saturated rings. The lowest BCUT2D eigenvalue weighted by Crippen LogP contribution is -2.36. The number of rotatable bonds is 4. The number of halogens is 1. The Labute approximate surface area is 125 Å². The third-order valence-corrected chi connectivity index (χ3v) is 3.86. The fourth-order valence-electron chi connectivity index (χ4n) is 2.56. The van der Waals surface area contributed by atoms with Crippen molar-refractivity contribution in [3.8, 4) is 5.88 Å². The van der Waals surface area contributed by atoms with Crippen molar-refractivity contribution in [3.63, 3.8) is 0 Å². The molecule has 1 aromatic heterocycles. The molecule has 20 heavy (non-hydrogen) atoms. The zero-order valence-electron chi connectivity index (χ0n) is 12.6. The molecule has 2 unspecified atom stereocenters. The van der Waals surface area contributed by atoms with Gasteiger partial charge in [0.2, 0.25) is 5.88 Å². The second kappa shape index (κ2) is 6.72. The van der Waals surface area contributed by atoms with Gasteiger partial charge in [0, 0.05) is 24.8 Å². The van der Waals surface area contributed by atoms with E-state index in [4.69, 9.17) is 21.1 Å². The van der Waals surface area contributed by atoms with E-state index < -0.39 is 0 Å². The lowest BCUT2D eigenvalue weighted by Gasteiger charge is -2.32. The molecule has 0 bridgehead atoms. The Morgan fingerprint density at radius 3 is 2.50 bits per heavy atom. The van der Waals surface area contributed by atoms with Crippen LogP contribution in [0.25, 0.3) is 0 Å². The predicted octanol–water partition coefficient (Wildman–Crippen LogP) is 3.73. The van der Waals surface area contributed by atoms with E-state index >= 15 is 0 Å². The Morgan fingerprint density at radius 2 is 1.90 bits per heavy atom. The molecule has 0 amide bonds. The first-order valence-electron chi connectivity index (χ1n) is 7.34. The van der Waals surface area contributed by atoms with Crippen molar-refractivity contribution in [1.29, 1.82) is 0 Å². The van der Waals surface area contributed by atoms with Crippen molar-refractivity contribution >= 4 is 11.6 Å². The molecule has 2 atom stereocenters. The van der Waals surface area contributed by atoms with E-state index in [1.807, 2.05) is 6.92 Å². The summed E-state index contributed by atoms with van der Waals surface area (Å²) in [6.07, 6.45) is 4.14. The zero-order chi connectivity index (χ0) is 14.7. The maximum absolute atomic E-state index is 6.17. The second-order valence-electron chi connectivity index (χ2n) is 5.58. The van der Waals surface area contributed by atoms with Crippen LogP contribution in [0.5, 0.6) is 5.88 Å². The summed E-state index contributed by atoms with van der Waals surface area (Å²) in [7, 11) is 0. The Bertz CT molecular complexity index is 457. The van der Waals surface area contributed by atoms with Gasteiger partial charge in [-0.05, 0) is 27.2 Å². The molecular weight excluding hydrogens is 276 g/mol. The van der Waals surface area contributed by atoms with E-state index in [0.717, 1.165) is 37.1 Å². The summed E-state index contributed by atoms with van der Waals surface area (Å²) in [5, 5.41) is 0.492. The summed E-state index contributed by atoms with van der Waals surface area (Å²) in [5.41, 5.74) is 0.818. The highest BCUT2D eigenvalue weighted by Gasteiger charge is 2.27. The normalized spacial score (nSPS) is 26.6. The second-order valence-corrected chi connectivity index (χ2v) is 5.94. The molecule has 1 saturated heterocycles. The minimum absolute atomic E-state index is 0.132. The molecule has 4 nitrogen and oxygen atoms in total. The SMILES string of the molecule is CCCc1nc(Cl)c(C)c(OC2CC(C)OC(C)C2)n1. The van der Waals surface area contributed by atoms with Crippen LogP contribution in [0.4, 0.5) is 0 Å². The Morgan fingerprint density at radius 1 is 1.25 bits per heavy atom. The molecule has 0 aromatic carbocycles. The summed E-state index contributed by atoms with van der Waals surface area (Å²) >= 11 is 6.17. The fraction of sp³-hybridized carbons (Fsp3) is 0.733. The Balaban J connectivity index is 2.15. The Kier molecular flexibility index (Phi) is 5.22. The van der Waals surface area contributed by atoms with Gasteiger partial charge >= 0.3 is 0 Å². The third-order valence-electron chi connectivity index (χ3n) is 3.49. The highest BCUT2D eigenvalue weighted by atomic mass is 35.5. The molecule has 0 radical (unpaired) electrons. The van der Waals surface area contributed by atoms with Gasteiger partial charge in [-0.2, -0.15) is 4.98 Å². The van der Waals surface area contributed by atoms with Crippen molar-refractivity contribution in [1.82, 2.24) is 9.97 Å². The minimum Gasteiger partial charge on any atom is -0.474 e. The predicted molar refractivity (Wildman–Crippen MR) is 79.4 cm³/mol. The highest BCUT2D eigenvalue weighted by molar-refractivity contribution is 6.30. The first-order valence-corrected chi connectivity index (χ1v) is 7.72. The van der Waals surface area contributed by atoms with Crippen LogP contribution in [0, 0.1) is 6.92 Å². The molecule has 1 aromatic rings.